The largest absolute Gasteiger partial charge is 0.0683 e. The summed E-state index contributed by atoms with van der Waals surface area (Å²) in [7, 11) is 0. The summed E-state index contributed by atoms with van der Waals surface area (Å²) in [6.07, 6.45) is 8.70. The fourth-order valence-electron chi connectivity index (χ4n) is 5.98. The molecule has 0 aliphatic carbocycles. The number of aryl methyl sites for hydroxylation is 4. The summed E-state index contributed by atoms with van der Waals surface area (Å²) in [5.74, 6) is 0. The first kappa shape index (κ1) is 59.9. The Morgan fingerprint density at radius 3 is 0.714 bits per heavy atom. The maximum atomic E-state index is 2.29. The summed E-state index contributed by atoms with van der Waals surface area (Å²) in [6, 6.07) is 60.3. The topological polar surface area (TPSA) is 0 Å². The van der Waals surface area contributed by atoms with E-state index in [0.717, 1.165) is 0 Å². The molecule has 0 unspecified atom stereocenters. The molecule has 0 heterocycles. The van der Waals surface area contributed by atoms with Crippen molar-refractivity contribution in [3.05, 3.63) is 192 Å². The van der Waals surface area contributed by atoms with E-state index in [1.807, 2.05) is 55.4 Å². The van der Waals surface area contributed by atoms with Crippen LogP contribution in [-0.2, 0) is 12.8 Å². The van der Waals surface area contributed by atoms with Gasteiger partial charge in [0.1, 0.15) is 0 Å². The highest BCUT2D eigenvalue weighted by Crippen LogP contribution is 2.18. The first-order chi connectivity index (χ1) is 30.8. The van der Waals surface area contributed by atoms with Crippen molar-refractivity contribution in [1.82, 2.24) is 0 Å². The average Bonchev–Trinajstić information content (AvgIpc) is 3.35. The Hall–Kier alpha value is -5.20. The molecule has 0 aromatic heterocycles. The fourth-order valence-corrected chi connectivity index (χ4v) is 5.98. The van der Waals surface area contributed by atoms with Crippen LogP contribution in [0.3, 0.4) is 0 Å². The number of hydrogen-bond donors (Lipinski definition) is 0. The summed E-state index contributed by atoms with van der Waals surface area (Å²) < 4.78 is 0. The van der Waals surface area contributed by atoms with Gasteiger partial charge in [0.05, 0.1) is 0 Å². The van der Waals surface area contributed by atoms with Crippen molar-refractivity contribution in [2.75, 3.05) is 0 Å². The summed E-state index contributed by atoms with van der Waals surface area (Å²) in [4.78, 5) is 0. The van der Waals surface area contributed by atoms with E-state index in [-0.39, 0.29) is 0 Å². The van der Waals surface area contributed by atoms with E-state index in [0.29, 0.717) is 0 Å². The van der Waals surface area contributed by atoms with Crippen LogP contribution < -0.4 is 0 Å². The molecule has 0 amide bonds. The molecule has 0 heteroatoms. The molecule has 0 aliphatic rings. The van der Waals surface area contributed by atoms with Crippen LogP contribution >= 0.6 is 0 Å². The fraction of sp³-hybridized carbons (Fsp3) is 0.365. The molecule has 0 atom stereocenters. The highest BCUT2D eigenvalue weighted by molar-refractivity contribution is 5.85. The predicted octanol–water partition coefficient (Wildman–Crippen LogP) is 21.2. The van der Waals surface area contributed by atoms with Crippen molar-refractivity contribution in [2.45, 2.75) is 156 Å². The lowest BCUT2D eigenvalue weighted by Crippen LogP contribution is -1.82. The van der Waals surface area contributed by atoms with Crippen LogP contribution in [0.4, 0.5) is 0 Å². The minimum Gasteiger partial charge on any atom is -0.0683 e. The van der Waals surface area contributed by atoms with Crippen molar-refractivity contribution >= 4 is 43.1 Å². The van der Waals surface area contributed by atoms with Crippen LogP contribution in [0.2, 0.25) is 0 Å². The number of fused-ring (bicyclic) bond motifs is 4. The zero-order valence-corrected chi connectivity index (χ0v) is 43.1. The molecule has 0 N–H and O–H groups in total. The zero-order valence-electron chi connectivity index (χ0n) is 43.1. The molecular formula is C63H90. The molecule has 0 aliphatic heterocycles. The molecule has 0 saturated carbocycles. The monoisotopic (exact) mass is 847 g/mol. The van der Waals surface area contributed by atoms with Gasteiger partial charge in [-0.3, -0.25) is 0 Å². The van der Waals surface area contributed by atoms with Crippen molar-refractivity contribution in [3.63, 3.8) is 0 Å². The second-order valence-corrected chi connectivity index (χ2v) is 14.3. The van der Waals surface area contributed by atoms with Gasteiger partial charge in [0.15, 0.2) is 0 Å². The van der Waals surface area contributed by atoms with Gasteiger partial charge in [-0.05, 0) is 80.9 Å². The summed E-state index contributed by atoms with van der Waals surface area (Å²) in [5.41, 5.74) is 5.54. The van der Waals surface area contributed by atoms with E-state index in [4.69, 9.17) is 0 Å². The van der Waals surface area contributed by atoms with Crippen LogP contribution in [0.1, 0.15) is 151 Å². The normalized spacial score (nSPS) is 9.08. The third kappa shape index (κ3) is 25.5. The first-order valence-corrected chi connectivity index (χ1v) is 24.7. The van der Waals surface area contributed by atoms with Gasteiger partial charge in [-0.15, -0.1) is 0 Å². The van der Waals surface area contributed by atoms with Crippen LogP contribution in [0.15, 0.2) is 170 Å². The van der Waals surface area contributed by atoms with Gasteiger partial charge in [-0.2, -0.15) is 0 Å². The van der Waals surface area contributed by atoms with Crippen LogP contribution in [0, 0.1) is 13.8 Å². The lowest BCUT2D eigenvalue weighted by atomic mass is 10.0. The lowest BCUT2D eigenvalue weighted by molar-refractivity contribution is 0.886. The average molecular weight is 847 g/mol. The molecule has 0 saturated heterocycles. The van der Waals surface area contributed by atoms with Crippen molar-refractivity contribution in [1.29, 1.82) is 0 Å². The highest BCUT2D eigenvalue weighted by atomic mass is 14.0. The maximum Gasteiger partial charge on any atom is -0.0181 e. The Bertz CT molecular complexity index is 2080. The molecular weight excluding hydrogens is 757 g/mol. The Morgan fingerprint density at radius 1 is 0.254 bits per heavy atom. The standard InChI is InChI=1S/2C13H14.2C11H10.C4H10.C3H8.4C2H6/c2*1-2-5-11-8-9-12-6-3-4-7-13(12)10-11;2*1-9-6-7-10-4-2-3-5-11(10)8-9;1-3-4-2;1-3-2;4*1-2/h2*3-4,6-10H,2,5H2,1H3;2*2-8H,1H3;3-4H2,1-2H3;3H2,1-2H3;4*1-2H3. The van der Waals surface area contributed by atoms with Gasteiger partial charge >= 0.3 is 0 Å². The lowest BCUT2D eigenvalue weighted by Gasteiger charge is -2.01. The zero-order chi connectivity index (χ0) is 47.7. The Kier molecular flexibility index (Phi) is 38.8. The number of rotatable bonds is 5. The molecule has 63 heavy (non-hydrogen) atoms. The van der Waals surface area contributed by atoms with E-state index in [1.165, 1.54) is 110 Å². The minimum absolute atomic E-state index is 1.19. The second-order valence-electron chi connectivity index (χ2n) is 14.3. The summed E-state index contributed by atoms with van der Waals surface area (Å²) in [5, 5.41) is 10.7. The Labute approximate surface area is 389 Å². The Balaban J connectivity index is 0. The van der Waals surface area contributed by atoms with E-state index in [9.17, 15) is 0 Å². The molecule has 342 valence electrons. The van der Waals surface area contributed by atoms with Crippen molar-refractivity contribution in [3.8, 4) is 0 Å². The SMILES string of the molecule is CC.CC.CC.CC.CCC.CCCC.CCCc1ccc2ccccc2c1.CCCc1ccc2ccccc2c1.Cc1ccc2ccccc2c1.Cc1ccc2ccccc2c1. The van der Waals surface area contributed by atoms with Gasteiger partial charge in [0, 0.05) is 0 Å². The summed E-state index contributed by atoms with van der Waals surface area (Å²) in [6.45, 7) is 33.3. The van der Waals surface area contributed by atoms with Crippen LogP contribution in [0.25, 0.3) is 43.1 Å². The van der Waals surface area contributed by atoms with Gasteiger partial charge < -0.3 is 0 Å². The molecule has 0 bridgehead atoms. The first-order valence-electron chi connectivity index (χ1n) is 24.7. The number of hydrogen-bond acceptors (Lipinski definition) is 0. The van der Waals surface area contributed by atoms with Crippen LogP contribution in [0.5, 0.6) is 0 Å². The molecule has 0 radical (unpaired) electrons. The molecule has 8 rings (SSSR count). The van der Waals surface area contributed by atoms with E-state index in [1.54, 1.807) is 0 Å². The van der Waals surface area contributed by atoms with Gasteiger partial charge in [-0.1, -0.05) is 310 Å². The number of benzene rings is 8. The third-order valence-electron chi connectivity index (χ3n) is 9.02. The molecule has 0 fully saturated rings. The van der Waals surface area contributed by atoms with E-state index >= 15 is 0 Å². The number of unbranched alkanes of at least 4 members (excludes halogenated alkanes) is 1. The quantitative estimate of drug-likeness (QED) is 0.162. The van der Waals surface area contributed by atoms with Crippen molar-refractivity contribution in [2.24, 2.45) is 0 Å². The summed E-state index contributed by atoms with van der Waals surface area (Å²) >= 11 is 0. The Morgan fingerprint density at radius 2 is 0.476 bits per heavy atom. The van der Waals surface area contributed by atoms with E-state index < -0.39 is 0 Å². The molecule has 0 spiro atoms. The van der Waals surface area contributed by atoms with Gasteiger partial charge in [-0.25, -0.2) is 0 Å². The molecule has 8 aromatic rings. The maximum absolute atomic E-state index is 2.29. The highest BCUT2D eigenvalue weighted by Gasteiger charge is 1.96. The van der Waals surface area contributed by atoms with Crippen LogP contribution in [-0.4, -0.2) is 0 Å². The van der Waals surface area contributed by atoms with E-state index in [2.05, 4.69) is 225 Å². The van der Waals surface area contributed by atoms with Crippen molar-refractivity contribution < 1.29 is 0 Å². The smallest absolute Gasteiger partial charge is 0.0181 e. The third-order valence-corrected chi connectivity index (χ3v) is 9.02. The molecule has 8 aromatic carbocycles. The van der Waals surface area contributed by atoms with Gasteiger partial charge in [0.25, 0.3) is 0 Å². The predicted molar refractivity (Wildman–Crippen MR) is 295 cm³/mol. The molecule has 0 nitrogen and oxygen atoms in total. The van der Waals surface area contributed by atoms with Gasteiger partial charge in [0.2, 0.25) is 0 Å². The minimum atomic E-state index is 1.19. The second kappa shape index (κ2) is 40.8.